The Hall–Kier alpha value is -2.02. The van der Waals surface area contributed by atoms with E-state index in [1.165, 1.54) is 0 Å². The first-order valence-corrected chi connectivity index (χ1v) is 12.8. The Kier molecular flexibility index (Phi) is 10.3. The summed E-state index contributed by atoms with van der Waals surface area (Å²) in [7, 11) is 2.09. The second kappa shape index (κ2) is 12.4. The molecule has 0 fully saturated rings. The minimum absolute atomic E-state index is 0.0586. The van der Waals surface area contributed by atoms with Gasteiger partial charge in [-0.3, -0.25) is 9.79 Å². The molecule has 1 heterocycles. The second-order valence-corrected chi connectivity index (χ2v) is 10.9. The van der Waals surface area contributed by atoms with E-state index in [0.29, 0.717) is 6.42 Å². The molecule has 0 spiro atoms. The Morgan fingerprint density at radius 2 is 2.09 bits per heavy atom. The molecule has 1 aliphatic rings. The van der Waals surface area contributed by atoms with E-state index in [-0.39, 0.29) is 24.0 Å². The minimum Gasteiger partial charge on any atom is -0.460 e. The van der Waals surface area contributed by atoms with E-state index in [0.717, 1.165) is 53.6 Å². The number of carbonyl (C=O) groups is 1. The molecule has 1 aliphatic heterocycles. The first kappa shape index (κ1) is 27.2. The van der Waals surface area contributed by atoms with Crippen LogP contribution in [0.15, 0.2) is 39.4 Å². The lowest BCUT2D eigenvalue weighted by atomic mass is 9.96. The number of benzene rings is 1. The van der Waals surface area contributed by atoms with Gasteiger partial charge < -0.3 is 20.7 Å². The van der Waals surface area contributed by atoms with E-state index >= 15 is 0 Å². The molecule has 7 heteroatoms. The molecule has 1 aromatic carbocycles. The number of halogens is 1. The molecule has 6 nitrogen and oxygen atoms in total. The zero-order valence-electron chi connectivity index (χ0n) is 21.0. The van der Waals surface area contributed by atoms with Crippen LogP contribution in [0.2, 0.25) is 0 Å². The van der Waals surface area contributed by atoms with Gasteiger partial charge in [0, 0.05) is 48.5 Å². The van der Waals surface area contributed by atoms with Crippen molar-refractivity contribution >= 4 is 39.5 Å². The van der Waals surface area contributed by atoms with Gasteiger partial charge in [-0.25, -0.2) is 0 Å². The lowest BCUT2D eigenvalue weighted by Crippen LogP contribution is -2.41. The van der Waals surface area contributed by atoms with Crippen molar-refractivity contribution < 1.29 is 9.53 Å². The molecule has 0 saturated carbocycles. The van der Waals surface area contributed by atoms with Crippen LogP contribution in [0.1, 0.15) is 66.7 Å². The van der Waals surface area contributed by atoms with Crippen LogP contribution in [0, 0.1) is 5.92 Å². The Balaban J connectivity index is 1.98. The van der Waals surface area contributed by atoms with Crippen molar-refractivity contribution in [2.45, 2.75) is 84.4 Å². The third-order valence-corrected chi connectivity index (χ3v) is 6.42. The number of carbonyl (C=O) groups excluding carboxylic acids is 1. The zero-order chi connectivity index (χ0) is 24.6. The Bertz CT molecular complexity index is 847. The van der Waals surface area contributed by atoms with Gasteiger partial charge in [0.25, 0.3) is 0 Å². The maximum Gasteiger partial charge on any atom is 0.306 e. The number of nitrogens with zero attached hydrogens (tertiary/aromatic N) is 2. The Labute approximate surface area is 208 Å². The molecule has 0 aliphatic carbocycles. The van der Waals surface area contributed by atoms with Gasteiger partial charge in [-0.1, -0.05) is 26.3 Å². The first-order chi connectivity index (χ1) is 15.5. The second-order valence-electron chi connectivity index (χ2n) is 10.1. The SMILES string of the molecule is CCCC(CCC(C)CC(=O)OC(C)(C)C)N=CC(=CN)C1CN(C)c2cccc(Br)c2N1. The summed E-state index contributed by atoms with van der Waals surface area (Å²) in [5, 5.41) is 3.61. The van der Waals surface area contributed by atoms with Crippen LogP contribution in [-0.2, 0) is 9.53 Å². The maximum absolute atomic E-state index is 12.1. The first-order valence-electron chi connectivity index (χ1n) is 12.0. The van der Waals surface area contributed by atoms with E-state index in [4.69, 9.17) is 15.5 Å². The summed E-state index contributed by atoms with van der Waals surface area (Å²) in [6, 6.07) is 6.47. The van der Waals surface area contributed by atoms with Crippen molar-refractivity contribution in [3.05, 3.63) is 34.4 Å². The number of esters is 1. The number of anilines is 2. The molecular weight excluding hydrogens is 480 g/mol. The van der Waals surface area contributed by atoms with E-state index in [1.54, 1.807) is 6.20 Å². The number of aliphatic imine (C=N–C) groups is 1. The summed E-state index contributed by atoms with van der Waals surface area (Å²) in [5.74, 6) is 0.138. The number of rotatable bonds is 10. The summed E-state index contributed by atoms with van der Waals surface area (Å²) in [6.45, 7) is 10.8. The largest absolute Gasteiger partial charge is 0.460 e. The average molecular weight is 522 g/mol. The Morgan fingerprint density at radius 3 is 2.73 bits per heavy atom. The molecule has 33 heavy (non-hydrogen) atoms. The fourth-order valence-electron chi connectivity index (χ4n) is 4.07. The number of para-hydroxylation sites is 1. The van der Waals surface area contributed by atoms with Crippen molar-refractivity contribution in [3.8, 4) is 0 Å². The number of hydrogen-bond donors (Lipinski definition) is 2. The molecule has 184 valence electrons. The van der Waals surface area contributed by atoms with Gasteiger partial charge in [0.05, 0.1) is 17.4 Å². The highest BCUT2D eigenvalue weighted by Crippen LogP contribution is 2.37. The van der Waals surface area contributed by atoms with Gasteiger partial charge in [0.2, 0.25) is 0 Å². The third kappa shape index (κ3) is 8.69. The predicted molar refractivity (Wildman–Crippen MR) is 143 cm³/mol. The Morgan fingerprint density at radius 1 is 1.36 bits per heavy atom. The number of nitrogens with one attached hydrogen (secondary N) is 1. The molecule has 1 aromatic rings. The van der Waals surface area contributed by atoms with E-state index in [9.17, 15) is 4.79 Å². The van der Waals surface area contributed by atoms with E-state index < -0.39 is 5.60 Å². The van der Waals surface area contributed by atoms with Crippen LogP contribution >= 0.6 is 15.9 Å². The predicted octanol–water partition coefficient (Wildman–Crippen LogP) is 5.91. The van der Waals surface area contributed by atoms with Gasteiger partial charge in [-0.05, 0) is 74.0 Å². The van der Waals surface area contributed by atoms with Crippen LogP contribution in [0.5, 0.6) is 0 Å². The van der Waals surface area contributed by atoms with Crippen LogP contribution in [0.25, 0.3) is 0 Å². The number of ether oxygens (including phenoxy) is 1. The van der Waals surface area contributed by atoms with Gasteiger partial charge >= 0.3 is 5.97 Å². The number of likely N-dealkylation sites (N-methyl/N-ethyl adjacent to an activating group) is 1. The summed E-state index contributed by atoms with van der Waals surface area (Å²) in [6.07, 6.45) is 8.00. The molecule has 0 amide bonds. The molecular formula is C26H41BrN4O2. The standard InChI is InChI=1S/C26H41BrN4O2/c1-7-9-20(13-12-18(2)14-24(32)33-26(3,4)5)29-16-19(15-28)22-17-31(6)23-11-8-10-21(27)25(23)30-22/h8,10-11,15-16,18,20,22,30H,7,9,12-14,17,28H2,1-6H3. The van der Waals surface area contributed by atoms with Crippen LogP contribution in [0.3, 0.4) is 0 Å². The topological polar surface area (TPSA) is 79.9 Å². The highest BCUT2D eigenvalue weighted by Gasteiger charge is 2.25. The monoisotopic (exact) mass is 520 g/mol. The molecule has 0 aromatic heterocycles. The molecule has 0 radical (unpaired) electrons. The fourth-order valence-corrected chi connectivity index (χ4v) is 4.54. The highest BCUT2D eigenvalue weighted by atomic mass is 79.9. The number of hydrogen-bond acceptors (Lipinski definition) is 6. The smallest absolute Gasteiger partial charge is 0.306 e. The average Bonchev–Trinajstić information content (AvgIpc) is 2.71. The molecule has 3 unspecified atom stereocenters. The van der Waals surface area contributed by atoms with Crippen molar-refractivity contribution in [2.24, 2.45) is 16.6 Å². The zero-order valence-corrected chi connectivity index (χ0v) is 22.6. The summed E-state index contributed by atoms with van der Waals surface area (Å²) in [4.78, 5) is 19.3. The van der Waals surface area contributed by atoms with Gasteiger partial charge in [0.15, 0.2) is 0 Å². The lowest BCUT2D eigenvalue weighted by molar-refractivity contribution is -0.155. The normalized spacial score (nSPS) is 18.6. The maximum atomic E-state index is 12.1. The molecule has 3 atom stereocenters. The van der Waals surface area contributed by atoms with Crippen LogP contribution < -0.4 is 16.0 Å². The fraction of sp³-hybridized carbons (Fsp3) is 0.615. The summed E-state index contributed by atoms with van der Waals surface area (Å²) < 4.78 is 6.50. The number of nitrogens with two attached hydrogens (primary N) is 1. The number of fused-ring (bicyclic) bond motifs is 1. The van der Waals surface area contributed by atoms with Gasteiger partial charge in [-0.15, -0.1) is 0 Å². The van der Waals surface area contributed by atoms with Crippen molar-refractivity contribution in [3.63, 3.8) is 0 Å². The van der Waals surface area contributed by atoms with Gasteiger partial charge in [-0.2, -0.15) is 0 Å². The van der Waals surface area contributed by atoms with E-state index in [1.807, 2.05) is 39.1 Å². The minimum atomic E-state index is -0.436. The third-order valence-electron chi connectivity index (χ3n) is 5.76. The van der Waals surface area contributed by atoms with Crippen molar-refractivity contribution in [1.82, 2.24) is 0 Å². The molecule has 0 bridgehead atoms. The lowest BCUT2D eigenvalue weighted by Gasteiger charge is -2.35. The van der Waals surface area contributed by atoms with Crippen LogP contribution in [-0.4, -0.2) is 43.5 Å². The highest BCUT2D eigenvalue weighted by molar-refractivity contribution is 9.10. The quantitative estimate of drug-likeness (QED) is 0.296. The molecule has 2 rings (SSSR count). The summed E-state index contributed by atoms with van der Waals surface area (Å²) in [5.41, 5.74) is 8.80. The molecule has 3 N–H and O–H groups in total. The van der Waals surface area contributed by atoms with Gasteiger partial charge in [0.1, 0.15) is 5.60 Å². The van der Waals surface area contributed by atoms with E-state index in [2.05, 4.69) is 53.1 Å². The van der Waals surface area contributed by atoms with Crippen LogP contribution in [0.4, 0.5) is 11.4 Å². The summed E-state index contributed by atoms with van der Waals surface area (Å²) >= 11 is 3.65. The van der Waals surface area contributed by atoms with Crippen molar-refractivity contribution in [1.29, 1.82) is 0 Å². The van der Waals surface area contributed by atoms with Crippen molar-refractivity contribution in [2.75, 3.05) is 23.8 Å². The molecule has 0 saturated heterocycles.